The molecule has 0 saturated heterocycles. The molecule has 1 amide bonds. The van der Waals surface area contributed by atoms with Crippen LogP contribution in [-0.2, 0) is 14.3 Å². The number of ether oxygens (including phenoxy) is 1. The van der Waals surface area contributed by atoms with E-state index in [9.17, 15) is 19.8 Å². The molecule has 2 unspecified atom stereocenters. The number of nitrogens with one attached hydrogen (secondary N) is 1. The van der Waals surface area contributed by atoms with Gasteiger partial charge in [0.2, 0.25) is 5.91 Å². The minimum atomic E-state index is -0.665. The third kappa shape index (κ3) is 61.8. The predicted octanol–water partition coefficient (Wildman–Crippen LogP) is 22.4. The molecule has 0 rings (SSSR count). The number of carbonyl (C=O) groups is 2. The van der Waals surface area contributed by atoms with Gasteiger partial charge in [0.15, 0.2) is 0 Å². The molecule has 0 spiro atoms. The first-order chi connectivity index (χ1) is 37.5. The van der Waals surface area contributed by atoms with E-state index in [1.807, 2.05) is 0 Å². The van der Waals surface area contributed by atoms with E-state index < -0.39 is 12.1 Å². The standard InChI is InChI=1S/C70H137NO5/c1-3-5-7-9-11-13-15-17-19-21-27-30-34-38-42-46-50-54-58-62-68(73)67(66-72)71-69(74)63-59-55-51-47-43-39-35-31-28-25-23-24-26-29-33-37-41-45-49-53-57-61-65-76-70(75)64-60-56-52-48-44-40-36-32-22-20-18-16-14-12-10-8-6-4-2/h20,22,67-68,72-73H,3-19,21,23-66H2,1-2H3,(H,71,74)/b22-20-. The second-order valence-electron chi connectivity index (χ2n) is 24.2. The number of esters is 1. The van der Waals surface area contributed by atoms with Crippen molar-refractivity contribution in [3.05, 3.63) is 12.2 Å². The number of unbranched alkanes of at least 4 members (excludes halogenated alkanes) is 53. The summed E-state index contributed by atoms with van der Waals surface area (Å²) in [6.07, 6.45) is 81.0. The second-order valence-corrected chi connectivity index (χ2v) is 24.2. The van der Waals surface area contributed by atoms with E-state index in [0.717, 1.165) is 44.9 Å². The molecule has 0 radical (unpaired) electrons. The van der Waals surface area contributed by atoms with Crippen LogP contribution in [0.1, 0.15) is 399 Å². The molecule has 6 nitrogen and oxygen atoms in total. The summed E-state index contributed by atoms with van der Waals surface area (Å²) < 4.78 is 5.50. The Morgan fingerprint density at radius 2 is 0.618 bits per heavy atom. The number of amides is 1. The molecule has 3 N–H and O–H groups in total. The summed E-state index contributed by atoms with van der Waals surface area (Å²) in [7, 11) is 0. The Morgan fingerprint density at radius 3 is 0.934 bits per heavy atom. The molecule has 0 aliphatic rings. The maximum atomic E-state index is 12.5. The Hall–Kier alpha value is -1.40. The minimum absolute atomic E-state index is 0.0116. The van der Waals surface area contributed by atoms with E-state index in [4.69, 9.17) is 4.74 Å². The number of aliphatic hydroxyl groups excluding tert-OH is 2. The van der Waals surface area contributed by atoms with Crippen molar-refractivity contribution in [1.82, 2.24) is 5.32 Å². The van der Waals surface area contributed by atoms with Gasteiger partial charge in [-0.05, 0) is 51.4 Å². The SMILES string of the molecule is CCCCCCCCC/C=C\CCCCCCCCCC(=O)OCCCCCCCCCCCCCCCCCCCCCCCCC(=O)NC(CO)C(O)CCCCCCCCCCCCCCCCCCCCC. The molecule has 0 heterocycles. The summed E-state index contributed by atoms with van der Waals surface area (Å²) in [6.45, 7) is 4.99. The van der Waals surface area contributed by atoms with Crippen molar-refractivity contribution in [3.8, 4) is 0 Å². The molecule has 76 heavy (non-hydrogen) atoms. The maximum absolute atomic E-state index is 12.5. The summed E-state index contributed by atoms with van der Waals surface area (Å²) in [5, 5.41) is 23.4. The number of rotatable bonds is 66. The Balaban J connectivity index is 3.36. The van der Waals surface area contributed by atoms with Gasteiger partial charge >= 0.3 is 5.97 Å². The molecule has 0 fully saturated rings. The van der Waals surface area contributed by atoms with Crippen LogP contribution >= 0.6 is 0 Å². The van der Waals surface area contributed by atoms with Crippen molar-refractivity contribution in [2.75, 3.05) is 13.2 Å². The van der Waals surface area contributed by atoms with Crippen LogP contribution in [0, 0.1) is 0 Å². The molecule has 0 aliphatic heterocycles. The fourth-order valence-electron chi connectivity index (χ4n) is 11.2. The number of hydrogen-bond acceptors (Lipinski definition) is 5. The van der Waals surface area contributed by atoms with Gasteiger partial charge in [0.25, 0.3) is 0 Å². The summed E-state index contributed by atoms with van der Waals surface area (Å²) in [6, 6.07) is -0.542. The topological polar surface area (TPSA) is 95.9 Å². The van der Waals surface area contributed by atoms with Crippen molar-refractivity contribution < 1.29 is 24.5 Å². The predicted molar refractivity (Wildman–Crippen MR) is 333 cm³/mol. The maximum Gasteiger partial charge on any atom is 0.305 e. The van der Waals surface area contributed by atoms with Gasteiger partial charge in [-0.2, -0.15) is 0 Å². The van der Waals surface area contributed by atoms with Crippen molar-refractivity contribution in [2.24, 2.45) is 0 Å². The summed E-state index contributed by atoms with van der Waals surface area (Å²) in [5.41, 5.74) is 0. The number of carbonyl (C=O) groups excluding carboxylic acids is 2. The van der Waals surface area contributed by atoms with Gasteiger partial charge in [-0.1, -0.05) is 347 Å². The van der Waals surface area contributed by atoms with Crippen LogP contribution in [-0.4, -0.2) is 47.4 Å². The lowest BCUT2D eigenvalue weighted by Crippen LogP contribution is -2.45. The molecule has 0 aromatic carbocycles. The van der Waals surface area contributed by atoms with Crippen molar-refractivity contribution in [2.45, 2.75) is 411 Å². The van der Waals surface area contributed by atoms with Crippen LogP contribution in [0.4, 0.5) is 0 Å². The Bertz CT molecular complexity index is 1140. The summed E-state index contributed by atoms with van der Waals surface area (Å²) >= 11 is 0. The van der Waals surface area contributed by atoms with Gasteiger partial charge in [0.05, 0.1) is 25.4 Å². The third-order valence-electron chi connectivity index (χ3n) is 16.6. The minimum Gasteiger partial charge on any atom is -0.466 e. The van der Waals surface area contributed by atoms with Crippen molar-refractivity contribution >= 4 is 11.9 Å². The lowest BCUT2D eigenvalue weighted by molar-refractivity contribution is -0.143. The second kappa shape index (κ2) is 66.1. The van der Waals surface area contributed by atoms with Gasteiger partial charge in [-0.3, -0.25) is 9.59 Å². The van der Waals surface area contributed by atoms with Gasteiger partial charge in [-0.15, -0.1) is 0 Å². The van der Waals surface area contributed by atoms with Crippen molar-refractivity contribution in [1.29, 1.82) is 0 Å². The molecule has 0 bridgehead atoms. The number of hydrogen-bond donors (Lipinski definition) is 3. The highest BCUT2D eigenvalue weighted by atomic mass is 16.5. The van der Waals surface area contributed by atoms with Gasteiger partial charge in [-0.25, -0.2) is 0 Å². The average molecular weight is 1070 g/mol. The van der Waals surface area contributed by atoms with E-state index >= 15 is 0 Å². The molecule has 0 aliphatic carbocycles. The van der Waals surface area contributed by atoms with Crippen LogP contribution in [0.2, 0.25) is 0 Å². The molecule has 6 heteroatoms. The van der Waals surface area contributed by atoms with Crippen LogP contribution in [0.25, 0.3) is 0 Å². The van der Waals surface area contributed by atoms with Gasteiger partial charge in [0, 0.05) is 12.8 Å². The molecule has 452 valence electrons. The van der Waals surface area contributed by atoms with Crippen LogP contribution in [0.3, 0.4) is 0 Å². The van der Waals surface area contributed by atoms with Crippen LogP contribution in [0.15, 0.2) is 12.2 Å². The Morgan fingerprint density at radius 1 is 0.355 bits per heavy atom. The monoisotopic (exact) mass is 1070 g/mol. The largest absolute Gasteiger partial charge is 0.466 e. The van der Waals surface area contributed by atoms with Crippen LogP contribution in [0.5, 0.6) is 0 Å². The highest BCUT2D eigenvalue weighted by molar-refractivity contribution is 5.76. The first-order valence-electron chi connectivity index (χ1n) is 34.9. The normalized spacial score (nSPS) is 12.5. The molecule has 0 aromatic heterocycles. The molecule has 0 saturated carbocycles. The van der Waals surface area contributed by atoms with E-state index in [0.29, 0.717) is 25.9 Å². The zero-order valence-electron chi connectivity index (χ0n) is 51.8. The Kier molecular flexibility index (Phi) is 64.9. The smallest absolute Gasteiger partial charge is 0.305 e. The Labute approximate surface area is 476 Å². The van der Waals surface area contributed by atoms with E-state index in [-0.39, 0.29) is 18.5 Å². The zero-order chi connectivity index (χ0) is 55.0. The third-order valence-corrected chi connectivity index (χ3v) is 16.6. The quantitative estimate of drug-likeness (QED) is 0.0320. The van der Waals surface area contributed by atoms with E-state index in [2.05, 4.69) is 31.3 Å². The fourth-order valence-corrected chi connectivity index (χ4v) is 11.2. The van der Waals surface area contributed by atoms with Crippen molar-refractivity contribution in [3.63, 3.8) is 0 Å². The number of aliphatic hydroxyl groups is 2. The summed E-state index contributed by atoms with van der Waals surface area (Å²) in [5.74, 6) is -0.0191. The first kappa shape index (κ1) is 74.6. The molecular weight excluding hydrogens is 935 g/mol. The van der Waals surface area contributed by atoms with E-state index in [1.54, 1.807) is 0 Å². The zero-order valence-corrected chi connectivity index (χ0v) is 51.8. The van der Waals surface area contributed by atoms with Gasteiger partial charge < -0.3 is 20.3 Å². The van der Waals surface area contributed by atoms with Gasteiger partial charge in [0.1, 0.15) is 0 Å². The fraction of sp³-hybridized carbons (Fsp3) is 0.943. The highest BCUT2D eigenvalue weighted by Crippen LogP contribution is 2.19. The van der Waals surface area contributed by atoms with E-state index in [1.165, 1.54) is 321 Å². The lowest BCUT2D eigenvalue weighted by Gasteiger charge is -2.22. The molecule has 0 aromatic rings. The highest BCUT2D eigenvalue weighted by Gasteiger charge is 2.20. The van der Waals surface area contributed by atoms with Crippen LogP contribution < -0.4 is 5.32 Å². The average Bonchev–Trinajstić information content (AvgIpc) is 3.42. The first-order valence-corrected chi connectivity index (χ1v) is 34.9. The lowest BCUT2D eigenvalue weighted by atomic mass is 10.0. The molecule has 2 atom stereocenters. The molecular formula is C70H137NO5. The summed E-state index contributed by atoms with van der Waals surface area (Å²) in [4.78, 5) is 24.6. The number of allylic oxidation sites excluding steroid dienone is 2.